The first-order valence-corrected chi connectivity index (χ1v) is 8.74. The van der Waals surface area contributed by atoms with Gasteiger partial charge in [0.1, 0.15) is 30.1 Å². The van der Waals surface area contributed by atoms with Crippen molar-refractivity contribution in [2.45, 2.75) is 50.5 Å². The number of nitrogen functional groups attached to an aromatic ring is 1. The molecule has 7 nitrogen and oxygen atoms in total. The van der Waals surface area contributed by atoms with Crippen molar-refractivity contribution in [1.29, 1.82) is 0 Å². The van der Waals surface area contributed by atoms with Crippen LogP contribution in [0, 0.1) is 17.8 Å². The van der Waals surface area contributed by atoms with Gasteiger partial charge in [-0.15, -0.1) is 0 Å². The van der Waals surface area contributed by atoms with Crippen LogP contribution in [0.5, 0.6) is 0 Å². The van der Waals surface area contributed by atoms with Gasteiger partial charge in [-0.3, -0.25) is 0 Å². The summed E-state index contributed by atoms with van der Waals surface area (Å²) in [5.41, 5.74) is 7.49. The summed E-state index contributed by atoms with van der Waals surface area (Å²) >= 11 is 0. The monoisotopic (exact) mass is 342 g/mol. The lowest BCUT2D eigenvalue weighted by Gasteiger charge is -2.14. The second kappa shape index (κ2) is 6.64. The zero-order valence-electron chi connectivity index (χ0n) is 13.9. The lowest BCUT2D eigenvalue weighted by atomic mass is 10.1. The van der Waals surface area contributed by atoms with Crippen molar-refractivity contribution >= 4 is 16.9 Å². The first kappa shape index (κ1) is 16.3. The highest BCUT2D eigenvalue weighted by Gasteiger charge is 2.35. The van der Waals surface area contributed by atoms with Crippen molar-refractivity contribution in [3.63, 3.8) is 0 Å². The van der Waals surface area contributed by atoms with Gasteiger partial charge in [-0.05, 0) is 12.8 Å². The van der Waals surface area contributed by atoms with E-state index in [2.05, 4.69) is 21.8 Å². The predicted molar refractivity (Wildman–Crippen MR) is 92.4 cm³/mol. The number of hydrogen-bond donors (Lipinski definition) is 3. The molecule has 4 N–H and O–H groups in total. The van der Waals surface area contributed by atoms with Crippen LogP contribution < -0.4 is 5.73 Å². The fourth-order valence-corrected chi connectivity index (χ4v) is 3.72. The Hall–Kier alpha value is -2.14. The number of aliphatic hydroxyl groups is 2. The molecule has 0 bridgehead atoms. The molecule has 2 aliphatic rings. The Morgan fingerprint density at radius 2 is 2.12 bits per heavy atom. The quantitative estimate of drug-likeness (QED) is 0.708. The number of aromatic nitrogens is 3. The van der Waals surface area contributed by atoms with Gasteiger partial charge in [0.2, 0.25) is 0 Å². The largest absolute Gasteiger partial charge is 0.394 e. The Morgan fingerprint density at radius 1 is 1.32 bits per heavy atom. The lowest BCUT2D eigenvalue weighted by molar-refractivity contribution is -0.0430. The molecule has 1 aliphatic carbocycles. The third-order valence-electron chi connectivity index (χ3n) is 5.10. The first-order chi connectivity index (χ1) is 12.2. The van der Waals surface area contributed by atoms with E-state index < -0.39 is 18.4 Å². The Balaban J connectivity index is 1.74. The van der Waals surface area contributed by atoms with Gasteiger partial charge in [0.15, 0.2) is 0 Å². The van der Waals surface area contributed by atoms with E-state index in [-0.39, 0.29) is 6.61 Å². The highest BCUT2D eigenvalue weighted by atomic mass is 16.5. The molecule has 0 amide bonds. The summed E-state index contributed by atoms with van der Waals surface area (Å²) < 4.78 is 7.60. The third-order valence-corrected chi connectivity index (χ3v) is 5.10. The van der Waals surface area contributed by atoms with Crippen LogP contribution in [0.1, 0.15) is 43.9 Å². The maximum Gasteiger partial charge on any atom is 0.148 e. The van der Waals surface area contributed by atoms with Gasteiger partial charge in [0.25, 0.3) is 0 Å². The molecule has 1 saturated carbocycles. The molecule has 4 rings (SSSR count). The van der Waals surface area contributed by atoms with Gasteiger partial charge in [-0.25, -0.2) is 9.97 Å². The van der Waals surface area contributed by atoms with Crippen LogP contribution in [-0.4, -0.2) is 43.6 Å². The molecule has 2 aromatic rings. The molecule has 0 radical (unpaired) electrons. The molecule has 0 aromatic carbocycles. The molecule has 1 saturated heterocycles. The molecule has 132 valence electrons. The van der Waals surface area contributed by atoms with E-state index >= 15 is 0 Å². The normalized spacial score (nSPS) is 26.9. The zero-order chi connectivity index (χ0) is 17.4. The second-order valence-electron chi connectivity index (χ2n) is 6.77. The lowest BCUT2D eigenvalue weighted by Crippen LogP contribution is -2.24. The van der Waals surface area contributed by atoms with Gasteiger partial charge in [-0.2, -0.15) is 0 Å². The van der Waals surface area contributed by atoms with E-state index in [0.717, 1.165) is 23.8 Å². The van der Waals surface area contributed by atoms with Crippen molar-refractivity contribution in [2.24, 2.45) is 5.92 Å². The fraction of sp³-hybridized carbons (Fsp3) is 0.556. The molecule has 1 aliphatic heterocycles. The summed E-state index contributed by atoms with van der Waals surface area (Å²) in [6, 6.07) is 0. The van der Waals surface area contributed by atoms with Crippen LogP contribution >= 0.6 is 0 Å². The summed E-state index contributed by atoms with van der Waals surface area (Å²) in [6.07, 6.45) is 6.73. The standard InChI is InChI=1S/C18H22N4O3/c19-17-16-12(6-5-11-3-1-2-4-11)8-22(18(16)21-10-20-17)15-7-13(24)14(9-23)25-15/h8,10-11,13-15,23-24H,1-4,7,9H2,(H2,19,20,21)/t13-,14+,15+/m0/s1. The average molecular weight is 342 g/mol. The van der Waals surface area contributed by atoms with Crippen molar-refractivity contribution in [1.82, 2.24) is 14.5 Å². The van der Waals surface area contributed by atoms with Gasteiger partial charge in [0, 0.05) is 18.5 Å². The van der Waals surface area contributed by atoms with Crippen LogP contribution in [0.4, 0.5) is 5.82 Å². The summed E-state index contributed by atoms with van der Waals surface area (Å²) in [4.78, 5) is 8.43. The minimum absolute atomic E-state index is 0.220. The average Bonchev–Trinajstić information content (AvgIpc) is 3.31. The minimum atomic E-state index is -0.709. The van der Waals surface area contributed by atoms with E-state index in [4.69, 9.17) is 10.5 Å². The highest BCUT2D eigenvalue weighted by Crippen LogP contribution is 2.34. The molecular weight excluding hydrogens is 320 g/mol. The van der Waals surface area contributed by atoms with Crippen molar-refractivity contribution in [3.8, 4) is 11.8 Å². The summed E-state index contributed by atoms with van der Waals surface area (Å²) in [5.74, 6) is 7.42. The van der Waals surface area contributed by atoms with E-state index in [0.29, 0.717) is 23.8 Å². The molecule has 3 heterocycles. The number of hydrogen-bond acceptors (Lipinski definition) is 6. The summed E-state index contributed by atoms with van der Waals surface area (Å²) in [6.45, 7) is -0.220. The van der Waals surface area contributed by atoms with Crippen LogP contribution in [0.25, 0.3) is 11.0 Å². The predicted octanol–water partition coefficient (Wildman–Crippen LogP) is 1.20. The van der Waals surface area contributed by atoms with E-state index in [9.17, 15) is 10.2 Å². The SMILES string of the molecule is Nc1ncnc2c1c(C#CC1CCCC1)cn2[C@H]1C[C@H](O)[C@@H](CO)O1. The van der Waals surface area contributed by atoms with E-state index in [1.807, 2.05) is 10.8 Å². The Labute approximate surface area is 145 Å². The smallest absolute Gasteiger partial charge is 0.148 e. The van der Waals surface area contributed by atoms with E-state index in [1.165, 1.54) is 19.2 Å². The number of ether oxygens (including phenoxy) is 1. The van der Waals surface area contributed by atoms with Gasteiger partial charge in [0.05, 0.1) is 23.7 Å². The number of nitrogens with two attached hydrogens (primary N) is 1. The van der Waals surface area contributed by atoms with E-state index in [1.54, 1.807) is 0 Å². The molecular formula is C18H22N4O3. The minimum Gasteiger partial charge on any atom is -0.394 e. The Kier molecular flexibility index (Phi) is 4.34. The number of rotatable bonds is 2. The number of aliphatic hydroxyl groups excluding tert-OH is 2. The van der Waals surface area contributed by atoms with Crippen molar-refractivity contribution < 1.29 is 14.9 Å². The first-order valence-electron chi connectivity index (χ1n) is 8.74. The second-order valence-corrected chi connectivity index (χ2v) is 6.77. The number of nitrogens with zero attached hydrogens (tertiary/aromatic N) is 3. The number of anilines is 1. The zero-order valence-corrected chi connectivity index (χ0v) is 13.9. The maximum absolute atomic E-state index is 10.0. The van der Waals surface area contributed by atoms with Crippen LogP contribution in [0.2, 0.25) is 0 Å². The molecule has 2 fully saturated rings. The van der Waals surface area contributed by atoms with Gasteiger partial charge >= 0.3 is 0 Å². The molecule has 7 heteroatoms. The summed E-state index contributed by atoms with van der Waals surface area (Å²) in [7, 11) is 0. The molecule has 0 unspecified atom stereocenters. The number of fused-ring (bicyclic) bond motifs is 1. The third kappa shape index (κ3) is 2.97. The summed E-state index contributed by atoms with van der Waals surface area (Å²) in [5, 5.41) is 20.0. The highest BCUT2D eigenvalue weighted by molar-refractivity contribution is 5.92. The topological polar surface area (TPSA) is 106 Å². The Bertz CT molecular complexity index is 832. The fourth-order valence-electron chi connectivity index (χ4n) is 3.72. The van der Waals surface area contributed by atoms with Crippen LogP contribution in [0.15, 0.2) is 12.5 Å². The van der Waals surface area contributed by atoms with Gasteiger partial charge < -0.3 is 25.3 Å². The maximum atomic E-state index is 10.0. The molecule has 0 spiro atoms. The molecule has 25 heavy (non-hydrogen) atoms. The molecule has 3 atom stereocenters. The molecule has 2 aromatic heterocycles. The van der Waals surface area contributed by atoms with Crippen LogP contribution in [0.3, 0.4) is 0 Å². The van der Waals surface area contributed by atoms with Crippen LogP contribution in [-0.2, 0) is 4.74 Å². The van der Waals surface area contributed by atoms with Gasteiger partial charge in [-0.1, -0.05) is 24.7 Å². The van der Waals surface area contributed by atoms with Crippen molar-refractivity contribution in [3.05, 3.63) is 18.1 Å². The van der Waals surface area contributed by atoms with Crippen molar-refractivity contribution in [2.75, 3.05) is 12.3 Å². The Morgan fingerprint density at radius 3 is 2.84 bits per heavy atom.